The van der Waals surface area contributed by atoms with Gasteiger partial charge in [0, 0.05) is 15.7 Å². The van der Waals surface area contributed by atoms with Crippen LogP contribution in [0.4, 0.5) is 10.5 Å². The summed E-state index contributed by atoms with van der Waals surface area (Å²) in [6.45, 7) is 2.53. The standard InChI is InChI=1S/C33H41ClN2O8S/c1-6-7-14-36(38)33(37)35-25-17-21(18-28(39-2)31(25)43-15-16-45-24-10-8-23(34)9-11-24)26-12-13-27(44-26)22-19-29(40-3)32(42-5)30(20-22)41-4/h8-11,17-20,26-27,38H,6-7,12-16H2,1-5H3,(H,35,37). The predicted octanol–water partition coefficient (Wildman–Crippen LogP) is 8.16. The zero-order valence-corrected chi connectivity index (χ0v) is 27.8. The normalized spacial score (nSPS) is 15.8. The molecule has 244 valence electrons. The minimum Gasteiger partial charge on any atom is -0.493 e. The van der Waals surface area contributed by atoms with Gasteiger partial charge in [-0.25, -0.2) is 9.86 Å². The second-order valence-corrected chi connectivity index (χ2v) is 11.9. The number of urea groups is 1. The van der Waals surface area contributed by atoms with Crippen LogP contribution in [0.3, 0.4) is 0 Å². The summed E-state index contributed by atoms with van der Waals surface area (Å²) in [5.41, 5.74) is 2.08. The van der Waals surface area contributed by atoms with Gasteiger partial charge in [-0.3, -0.25) is 5.21 Å². The van der Waals surface area contributed by atoms with Crippen LogP contribution in [0.1, 0.15) is 55.9 Å². The summed E-state index contributed by atoms with van der Waals surface area (Å²) in [7, 11) is 6.28. The lowest BCUT2D eigenvalue weighted by molar-refractivity contribution is -0.0379. The molecule has 0 radical (unpaired) electrons. The van der Waals surface area contributed by atoms with Crippen molar-refractivity contribution in [1.82, 2.24) is 5.06 Å². The van der Waals surface area contributed by atoms with Crippen LogP contribution in [0.5, 0.6) is 28.7 Å². The summed E-state index contributed by atoms with van der Waals surface area (Å²) in [5.74, 6) is 3.08. The van der Waals surface area contributed by atoms with Gasteiger partial charge in [0.1, 0.15) is 0 Å². The van der Waals surface area contributed by atoms with Crippen LogP contribution in [0.15, 0.2) is 53.4 Å². The lowest BCUT2D eigenvalue weighted by Gasteiger charge is -2.22. The van der Waals surface area contributed by atoms with Gasteiger partial charge in [-0.2, -0.15) is 0 Å². The number of halogens is 1. The Morgan fingerprint density at radius 2 is 1.51 bits per heavy atom. The summed E-state index contributed by atoms with van der Waals surface area (Å²) in [4.78, 5) is 14.0. The van der Waals surface area contributed by atoms with E-state index in [2.05, 4.69) is 5.32 Å². The van der Waals surface area contributed by atoms with E-state index in [0.717, 1.165) is 35.3 Å². The summed E-state index contributed by atoms with van der Waals surface area (Å²) in [5, 5.41) is 14.5. The number of amides is 2. The first-order valence-electron chi connectivity index (χ1n) is 14.8. The van der Waals surface area contributed by atoms with E-state index in [1.54, 1.807) is 40.2 Å². The highest BCUT2D eigenvalue weighted by atomic mass is 35.5. The summed E-state index contributed by atoms with van der Waals surface area (Å²) < 4.78 is 35.0. The van der Waals surface area contributed by atoms with Crippen LogP contribution in [0.2, 0.25) is 5.02 Å². The number of benzene rings is 3. The fourth-order valence-corrected chi connectivity index (χ4v) is 5.90. The van der Waals surface area contributed by atoms with E-state index in [9.17, 15) is 10.0 Å². The van der Waals surface area contributed by atoms with Crippen molar-refractivity contribution in [3.63, 3.8) is 0 Å². The zero-order chi connectivity index (χ0) is 32.3. The molecule has 1 aliphatic rings. The smallest absolute Gasteiger partial charge is 0.345 e. The average Bonchev–Trinajstić information content (AvgIpc) is 3.56. The predicted molar refractivity (Wildman–Crippen MR) is 175 cm³/mol. The van der Waals surface area contributed by atoms with Crippen molar-refractivity contribution < 1.29 is 38.4 Å². The van der Waals surface area contributed by atoms with Gasteiger partial charge in [0.2, 0.25) is 5.75 Å². The molecule has 1 fully saturated rings. The summed E-state index contributed by atoms with van der Waals surface area (Å²) in [6, 6.07) is 14.4. The molecular weight excluding hydrogens is 620 g/mol. The molecule has 3 aromatic carbocycles. The molecule has 1 heterocycles. The maximum absolute atomic E-state index is 12.9. The highest BCUT2D eigenvalue weighted by molar-refractivity contribution is 7.99. The molecule has 12 heteroatoms. The topological polar surface area (TPSA) is 108 Å². The van der Waals surface area contributed by atoms with Gasteiger partial charge in [0.25, 0.3) is 0 Å². The fraction of sp³-hybridized carbons (Fsp3) is 0.424. The zero-order valence-electron chi connectivity index (χ0n) is 26.3. The molecule has 3 aromatic rings. The molecule has 0 saturated carbocycles. The second-order valence-electron chi connectivity index (χ2n) is 10.3. The van der Waals surface area contributed by atoms with Gasteiger partial charge >= 0.3 is 6.03 Å². The van der Waals surface area contributed by atoms with E-state index in [4.69, 9.17) is 40.0 Å². The first-order chi connectivity index (χ1) is 21.8. The molecule has 10 nitrogen and oxygen atoms in total. The van der Waals surface area contributed by atoms with Gasteiger partial charge in [-0.1, -0.05) is 24.9 Å². The van der Waals surface area contributed by atoms with Crippen LogP contribution in [-0.4, -0.2) is 63.6 Å². The number of hydrogen-bond acceptors (Lipinski definition) is 9. The number of nitrogens with zero attached hydrogens (tertiary/aromatic N) is 1. The van der Waals surface area contributed by atoms with E-state index in [1.807, 2.05) is 55.5 Å². The number of methoxy groups -OCH3 is 4. The second kappa shape index (κ2) is 16.7. The van der Waals surface area contributed by atoms with E-state index in [1.165, 1.54) is 0 Å². The third-order valence-corrected chi connectivity index (χ3v) is 8.59. The Labute approximate surface area is 273 Å². The Kier molecular flexibility index (Phi) is 12.8. The molecule has 4 rings (SSSR count). The monoisotopic (exact) mass is 660 g/mol. The average molecular weight is 661 g/mol. The molecule has 2 N–H and O–H groups in total. The number of unbranched alkanes of at least 4 members (excludes halogenated alkanes) is 1. The Bertz CT molecular complexity index is 1400. The maximum atomic E-state index is 12.9. The number of thioether (sulfide) groups is 1. The number of nitrogens with one attached hydrogen (secondary N) is 1. The lowest BCUT2D eigenvalue weighted by atomic mass is 10.0. The van der Waals surface area contributed by atoms with E-state index >= 15 is 0 Å². The Morgan fingerprint density at radius 1 is 0.933 bits per heavy atom. The molecule has 0 bridgehead atoms. The molecule has 2 atom stereocenters. The quantitative estimate of drug-likeness (QED) is 0.0722. The number of hydroxylamine groups is 2. The van der Waals surface area contributed by atoms with E-state index in [-0.39, 0.29) is 18.8 Å². The van der Waals surface area contributed by atoms with Gasteiger partial charge in [-0.05, 0) is 78.9 Å². The van der Waals surface area contributed by atoms with Crippen LogP contribution >= 0.6 is 23.4 Å². The first kappa shape index (κ1) is 34.4. The molecule has 1 saturated heterocycles. The minimum absolute atomic E-state index is 0.204. The Hall–Kier alpha value is -3.51. The summed E-state index contributed by atoms with van der Waals surface area (Å²) >= 11 is 7.62. The molecule has 0 aromatic heterocycles. The maximum Gasteiger partial charge on any atom is 0.345 e. The minimum atomic E-state index is -0.661. The number of hydrogen-bond donors (Lipinski definition) is 2. The van der Waals surface area contributed by atoms with Crippen LogP contribution in [0.25, 0.3) is 0 Å². The Balaban J connectivity index is 1.57. The van der Waals surface area contributed by atoms with Crippen molar-refractivity contribution in [3.8, 4) is 28.7 Å². The largest absolute Gasteiger partial charge is 0.493 e. The van der Waals surface area contributed by atoms with Crippen molar-refractivity contribution in [2.45, 2.75) is 49.7 Å². The lowest BCUT2D eigenvalue weighted by Crippen LogP contribution is -2.33. The molecule has 0 aliphatic carbocycles. The first-order valence-corrected chi connectivity index (χ1v) is 16.1. The molecule has 0 spiro atoms. The van der Waals surface area contributed by atoms with E-state index < -0.39 is 6.03 Å². The van der Waals surface area contributed by atoms with Gasteiger partial charge in [0.05, 0.1) is 59.5 Å². The highest BCUT2D eigenvalue weighted by Crippen LogP contribution is 2.48. The molecule has 1 aliphatic heterocycles. The van der Waals surface area contributed by atoms with Crippen LogP contribution < -0.4 is 29.0 Å². The fourth-order valence-electron chi connectivity index (χ4n) is 5.04. The number of carbonyl (C=O) groups excluding carboxylic acids is 1. The number of ether oxygens (including phenoxy) is 6. The number of rotatable bonds is 15. The molecule has 2 amide bonds. The summed E-state index contributed by atoms with van der Waals surface area (Å²) in [6.07, 6.45) is 2.44. The molecule has 45 heavy (non-hydrogen) atoms. The van der Waals surface area contributed by atoms with Crippen molar-refractivity contribution in [2.75, 3.05) is 52.7 Å². The van der Waals surface area contributed by atoms with Gasteiger partial charge < -0.3 is 33.7 Å². The number of carbonyl (C=O) groups is 1. The number of anilines is 1. The Morgan fingerprint density at radius 3 is 2.07 bits per heavy atom. The van der Waals surface area contributed by atoms with Gasteiger partial charge in [-0.15, -0.1) is 11.8 Å². The van der Waals surface area contributed by atoms with E-state index in [0.29, 0.717) is 63.3 Å². The van der Waals surface area contributed by atoms with Gasteiger partial charge in [0.15, 0.2) is 23.0 Å². The van der Waals surface area contributed by atoms with Crippen molar-refractivity contribution in [1.29, 1.82) is 0 Å². The van der Waals surface area contributed by atoms with Crippen molar-refractivity contribution in [3.05, 3.63) is 64.7 Å². The molecular formula is C33H41ClN2O8S. The van der Waals surface area contributed by atoms with Crippen molar-refractivity contribution >= 4 is 35.1 Å². The van der Waals surface area contributed by atoms with Crippen molar-refractivity contribution in [2.24, 2.45) is 0 Å². The van der Waals surface area contributed by atoms with Crippen LogP contribution in [-0.2, 0) is 4.74 Å². The highest BCUT2D eigenvalue weighted by Gasteiger charge is 2.31. The third kappa shape index (κ3) is 8.82. The SMILES string of the molecule is CCCCN(O)C(=O)Nc1cc(C2CCC(c3cc(OC)c(OC)c(OC)c3)O2)cc(OC)c1OCCSc1ccc(Cl)cc1. The third-order valence-electron chi connectivity index (χ3n) is 7.36. The van der Waals surface area contributed by atoms with Crippen LogP contribution in [0, 0.1) is 0 Å². The molecule has 2 unspecified atom stereocenters.